The van der Waals surface area contributed by atoms with E-state index in [1.807, 2.05) is 49.4 Å². The number of ether oxygens (including phenoxy) is 4. The molecule has 2 aliphatic heterocycles. The second-order valence-electron chi connectivity index (χ2n) is 9.95. The van der Waals surface area contributed by atoms with E-state index >= 15 is 0 Å². The van der Waals surface area contributed by atoms with E-state index in [-0.39, 0.29) is 24.6 Å². The van der Waals surface area contributed by atoms with Crippen LogP contribution < -0.4 is 10.6 Å². The average molecular weight is 587 g/mol. The Morgan fingerprint density at radius 1 is 1.02 bits per heavy atom. The highest BCUT2D eigenvalue weighted by atomic mass is 16.8. The first-order valence-corrected chi connectivity index (χ1v) is 13.8. The van der Waals surface area contributed by atoms with E-state index in [1.54, 1.807) is 23.0 Å². The van der Waals surface area contributed by atoms with Crippen molar-refractivity contribution >= 4 is 35.1 Å². The molecule has 4 aromatic rings. The number of carboxylic acids is 1. The minimum absolute atomic E-state index is 0.197. The minimum Gasteiger partial charge on any atom is -0.478 e. The largest absolute Gasteiger partial charge is 0.478 e. The zero-order chi connectivity index (χ0) is 29.8. The second kappa shape index (κ2) is 12.7. The number of imidazole rings is 1. The molecule has 0 spiro atoms. The average Bonchev–Trinajstić information content (AvgIpc) is 3.72. The van der Waals surface area contributed by atoms with Crippen LogP contribution in [0.25, 0.3) is 17.2 Å². The van der Waals surface area contributed by atoms with Gasteiger partial charge in [0.15, 0.2) is 29.5 Å². The van der Waals surface area contributed by atoms with Crippen LogP contribution in [0, 0.1) is 0 Å². The Bertz CT molecular complexity index is 1610. The Kier molecular flexibility index (Phi) is 8.38. The highest BCUT2D eigenvalue weighted by Crippen LogP contribution is 2.41. The first-order chi connectivity index (χ1) is 21.0. The smallest absolute Gasteiger partial charge is 0.335 e. The van der Waals surface area contributed by atoms with Crippen molar-refractivity contribution in [3.05, 3.63) is 90.0 Å². The van der Waals surface area contributed by atoms with Crippen LogP contribution in [-0.4, -0.2) is 74.4 Å². The van der Waals surface area contributed by atoms with E-state index in [0.29, 0.717) is 17.7 Å². The van der Waals surface area contributed by atoms with E-state index in [0.717, 1.165) is 11.1 Å². The lowest BCUT2D eigenvalue weighted by Gasteiger charge is -2.20. The van der Waals surface area contributed by atoms with Crippen molar-refractivity contribution < 1.29 is 33.6 Å². The van der Waals surface area contributed by atoms with Crippen LogP contribution in [0.15, 0.2) is 73.3 Å². The van der Waals surface area contributed by atoms with Gasteiger partial charge in [0.25, 0.3) is 0 Å². The molecular formula is C30H30N6O7. The molecule has 2 aliphatic rings. The number of benzene rings is 2. The first kappa shape index (κ1) is 28.4. The number of hydrogen-bond acceptors (Lipinski definition) is 9. The SMILES string of the molecule is CCNC(=O)Nc1ncnc2c1ncn2[C@@H]1O[C@H](COCc2ccc(C(=O)O)cc2)[C@H]2O[C@H](/C=C/c3ccccc3)O[C@H]21. The lowest BCUT2D eigenvalue weighted by Crippen LogP contribution is -2.31. The van der Waals surface area contributed by atoms with Crippen LogP contribution in [-0.2, 0) is 25.6 Å². The molecule has 222 valence electrons. The van der Waals surface area contributed by atoms with Gasteiger partial charge in [0, 0.05) is 6.54 Å². The summed E-state index contributed by atoms with van der Waals surface area (Å²) in [4.78, 5) is 36.3. The van der Waals surface area contributed by atoms with Gasteiger partial charge in [-0.15, -0.1) is 0 Å². The predicted octanol–water partition coefficient (Wildman–Crippen LogP) is 3.60. The molecule has 6 rings (SSSR count). The van der Waals surface area contributed by atoms with Gasteiger partial charge in [-0.3, -0.25) is 9.88 Å². The quantitative estimate of drug-likeness (QED) is 0.251. The fourth-order valence-corrected chi connectivity index (χ4v) is 5.04. The topological polar surface area (TPSA) is 159 Å². The van der Waals surface area contributed by atoms with Crippen LogP contribution >= 0.6 is 0 Å². The molecule has 0 bridgehead atoms. The van der Waals surface area contributed by atoms with Crippen molar-refractivity contribution in [2.24, 2.45) is 0 Å². The number of urea groups is 1. The Morgan fingerprint density at radius 2 is 1.81 bits per heavy atom. The minimum atomic E-state index is -0.984. The van der Waals surface area contributed by atoms with E-state index in [1.165, 1.54) is 18.5 Å². The summed E-state index contributed by atoms with van der Waals surface area (Å²) in [6.07, 6.45) is 3.99. The van der Waals surface area contributed by atoms with Crippen molar-refractivity contribution in [2.45, 2.75) is 44.4 Å². The lowest BCUT2D eigenvalue weighted by atomic mass is 10.1. The highest BCUT2D eigenvalue weighted by Gasteiger charge is 2.53. The van der Waals surface area contributed by atoms with Gasteiger partial charge < -0.3 is 29.4 Å². The van der Waals surface area contributed by atoms with Gasteiger partial charge in [-0.05, 0) is 36.3 Å². The van der Waals surface area contributed by atoms with Crippen LogP contribution in [0.2, 0.25) is 0 Å². The summed E-state index contributed by atoms with van der Waals surface area (Å²) in [7, 11) is 0. The van der Waals surface area contributed by atoms with Gasteiger partial charge in [-0.2, -0.15) is 0 Å². The van der Waals surface area contributed by atoms with E-state index in [2.05, 4.69) is 25.6 Å². The Labute approximate surface area is 246 Å². The monoisotopic (exact) mass is 586 g/mol. The molecule has 2 fully saturated rings. The first-order valence-electron chi connectivity index (χ1n) is 13.8. The number of fused-ring (bicyclic) bond motifs is 2. The zero-order valence-electron chi connectivity index (χ0n) is 23.2. The molecule has 2 saturated heterocycles. The number of hydrogen-bond donors (Lipinski definition) is 3. The van der Waals surface area contributed by atoms with Crippen molar-refractivity contribution in [2.75, 3.05) is 18.5 Å². The van der Waals surface area contributed by atoms with Gasteiger partial charge in [0.05, 0.1) is 25.1 Å². The number of amides is 2. The number of nitrogens with one attached hydrogen (secondary N) is 2. The van der Waals surface area contributed by atoms with Gasteiger partial charge in [0.1, 0.15) is 24.6 Å². The molecule has 13 nitrogen and oxygen atoms in total. The number of carbonyl (C=O) groups excluding carboxylic acids is 1. The molecule has 0 aliphatic carbocycles. The highest BCUT2D eigenvalue weighted by molar-refractivity contribution is 5.95. The predicted molar refractivity (Wildman–Crippen MR) is 154 cm³/mol. The fourth-order valence-electron chi connectivity index (χ4n) is 5.04. The maximum Gasteiger partial charge on any atom is 0.335 e. The third kappa shape index (κ3) is 6.24. The maximum atomic E-state index is 12.1. The van der Waals surface area contributed by atoms with Crippen LogP contribution in [0.3, 0.4) is 0 Å². The van der Waals surface area contributed by atoms with Crippen LogP contribution in [0.1, 0.15) is 34.6 Å². The zero-order valence-corrected chi connectivity index (χ0v) is 23.2. The molecule has 2 aromatic heterocycles. The van der Waals surface area contributed by atoms with Gasteiger partial charge in [-0.1, -0.05) is 48.5 Å². The van der Waals surface area contributed by atoms with Gasteiger partial charge in [-0.25, -0.2) is 24.5 Å². The van der Waals surface area contributed by atoms with Gasteiger partial charge in [0.2, 0.25) is 0 Å². The summed E-state index contributed by atoms with van der Waals surface area (Å²) >= 11 is 0. The van der Waals surface area contributed by atoms with E-state index in [9.17, 15) is 9.59 Å². The molecule has 43 heavy (non-hydrogen) atoms. The summed E-state index contributed by atoms with van der Waals surface area (Å²) in [6, 6.07) is 16.0. The Morgan fingerprint density at radius 3 is 2.58 bits per heavy atom. The fraction of sp³-hybridized carbons (Fsp3) is 0.300. The number of anilines is 1. The second-order valence-corrected chi connectivity index (χ2v) is 9.95. The molecule has 0 unspecified atom stereocenters. The molecule has 2 amide bonds. The Hall–Kier alpha value is -4.69. The summed E-state index contributed by atoms with van der Waals surface area (Å²) in [5, 5.41) is 14.5. The third-order valence-electron chi connectivity index (χ3n) is 7.07. The molecular weight excluding hydrogens is 556 g/mol. The molecule has 13 heteroatoms. The number of aromatic carboxylic acids is 1. The number of nitrogens with zero attached hydrogens (tertiary/aromatic N) is 4. The molecule has 0 saturated carbocycles. The number of aromatic nitrogens is 4. The molecule has 2 aromatic carbocycles. The summed E-state index contributed by atoms with van der Waals surface area (Å²) in [5.41, 5.74) is 2.90. The molecule has 4 heterocycles. The van der Waals surface area contributed by atoms with Crippen LogP contribution in [0.5, 0.6) is 0 Å². The summed E-state index contributed by atoms with van der Waals surface area (Å²) in [5.74, 6) is -0.715. The summed E-state index contributed by atoms with van der Waals surface area (Å²) < 4.78 is 26.8. The van der Waals surface area contributed by atoms with Crippen molar-refractivity contribution in [1.82, 2.24) is 24.8 Å². The van der Waals surface area contributed by atoms with Gasteiger partial charge >= 0.3 is 12.0 Å². The van der Waals surface area contributed by atoms with Crippen molar-refractivity contribution in [3.63, 3.8) is 0 Å². The molecule has 5 atom stereocenters. The summed E-state index contributed by atoms with van der Waals surface area (Å²) in [6.45, 7) is 2.74. The van der Waals surface area contributed by atoms with E-state index < -0.39 is 42.8 Å². The molecule has 0 radical (unpaired) electrons. The standard InChI is InChI=1S/C30H30N6O7/c1-2-31-30(39)35-26-23-27(33-16-32-26)36(17-34-23)28-25-24(42-22(43-25)13-10-18-6-4-3-5-7-18)21(41-28)15-40-14-19-8-11-20(12-9-19)29(37)38/h3-13,16-17,21-22,24-25,28H,2,14-15H2,1H3,(H,37,38)(H2,31,32,33,35,39)/b13-10+/t21-,22+,24-,25-,28-/m1/s1. The maximum absolute atomic E-state index is 12.1. The number of rotatable bonds is 10. The number of carboxylic acid groups (broad SMARTS) is 1. The number of carbonyl (C=O) groups is 2. The third-order valence-corrected chi connectivity index (χ3v) is 7.07. The van der Waals surface area contributed by atoms with Crippen molar-refractivity contribution in [3.8, 4) is 0 Å². The normalized spacial score (nSPS) is 23.0. The lowest BCUT2D eigenvalue weighted by molar-refractivity contribution is -0.139. The molecule has 3 N–H and O–H groups in total. The van der Waals surface area contributed by atoms with Crippen LogP contribution in [0.4, 0.5) is 10.6 Å². The van der Waals surface area contributed by atoms with Crippen molar-refractivity contribution in [1.29, 1.82) is 0 Å². The van der Waals surface area contributed by atoms with E-state index in [4.69, 9.17) is 24.1 Å². The Balaban J connectivity index is 1.21.